The van der Waals surface area contributed by atoms with Gasteiger partial charge in [-0.3, -0.25) is 4.79 Å². The number of benzene rings is 1. The lowest BCUT2D eigenvalue weighted by Crippen LogP contribution is -2.29. The Labute approximate surface area is 98.1 Å². The molecule has 1 atom stereocenters. The maximum atomic E-state index is 12.1. The number of rotatable bonds is 1. The number of nitrogens with zero attached hydrogens (tertiary/aromatic N) is 2. The molecule has 1 saturated heterocycles. The molecule has 0 aliphatic carbocycles. The summed E-state index contributed by atoms with van der Waals surface area (Å²) in [6.45, 7) is 1.06. The number of aliphatic hydroxyl groups excluding tert-OH is 1. The molecule has 0 bridgehead atoms. The number of β-amino-alcohol motifs (C(OH)–C–C–N with tert-alkyl or cyclic N) is 1. The Balaban J connectivity index is 1.89. The van der Waals surface area contributed by atoms with Gasteiger partial charge in [0, 0.05) is 18.7 Å². The maximum absolute atomic E-state index is 12.1. The lowest BCUT2D eigenvalue weighted by molar-refractivity contribution is 0.0765. The number of fused-ring (bicyclic) bond motifs is 1. The number of hydrogen-bond acceptors (Lipinski definition) is 3. The molecule has 3 rings (SSSR count). The zero-order chi connectivity index (χ0) is 11.8. The van der Waals surface area contributed by atoms with Gasteiger partial charge in [-0.05, 0) is 24.6 Å². The number of aromatic nitrogens is 2. The van der Waals surface area contributed by atoms with Crippen LogP contribution in [0.2, 0.25) is 0 Å². The summed E-state index contributed by atoms with van der Waals surface area (Å²) in [5.41, 5.74) is 2.34. The van der Waals surface area contributed by atoms with E-state index in [0.29, 0.717) is 25.1 Å². The van der Waals surface area contributed by atoms with E-state index in [2.05, 4.69) is 9.97 Å². The molecule has 1 unspecified atom stereocenters. The van der Waals surface area contributed by atoms with Gasteiger partial charge >= 0.3 is 0 Å². The third kappa shape index (κ3) is 1.78. The molecular weight excluding hydrogens is 218 g/mol. The molecule has 1 aromatic heterocycles. The van der Waals surface area contributed by atoms with E-state index >= 15 is 0 Å². The largest absolute Gasteiger partial charge is 0.391 e. The zero-order valence-corrected chi connectivity index (χ0v) is 9.26. The average Bonchev–Trinajstić information content (AvgIpc) is 2.95. The third-order valence-corrected chi connectivity index (χ3v) is 3.12. The van der Waals surface area contributed by atoms with E-state index in [9.17, 15) is 9.90 Å². The normalized spacial score (nSPS) is 20.1. The maximum Gasteiger partial charge on any atom is 0.254 e. The predicted octanol–water partition coefficient (Wildman–Crippen LogP) is 0.770. The molecule has 0 radical (unpaired) electrons. The Hall–Kier alpha value is -1.88. The van der Waals surface area contributed by atoms with Gasteiger partial charge in [0.25, 0.3) is 5.91 Å². The van der Waals surface area contributed by atoms with E-state index in [1.165, 1.54) is 0 Å². The summed E-state index contributed by atoms with van der Waals surface area (Å²) in [4.78, 5) is 20.9. The fourth-order valence-corrected chi connectivity index (χ4v) is 2.18. The summed E-state index contributed by atoms with van der Waals surface area (Å²) in [7, 11) is 0. The zero-order valence-electron chi connectivity index (χ0n) is 9.26. The first kappa shape index (κ1) is 10.3. The molecule has 1 aliphatic heterocycles. The number of imidazole rings is 1. The van der Waals surface area contributed by atoms with E-state index < -0.39 is 0 Å². The standard InChI is InChI=1S/C12H13N3O2/c16-9-3-4-15(6-9)12(17)8-1-2-10-11(5-8)14-7-13-10/h1-2,5,7,9,16H,3-4,6H2,(H,13,14). The van der Waals surface area contributed by atoms with Crippen LogP contribution in [0.1, 0.15) is 16.8 Å². The van der Waals surface area contributed by atoms with Gasteiger partial charge in [0.15, 0.2) is 0 Å². The van der Waals surface area contributed by atoms with Crippen LogP contribution < -0.4 is 0 Å². The summed E-state index contributed by atoms with van der Waals surface area (Å²) < 4.78 is 0. The van der Waals surface area contributed by atoms with Crippen LogP contribution in [-0.4, -0.2) is 45.1 Å². The molecular formula is C12H13N3O2. The van der Waals surface area contributed by atoms with Crippen LogP contribution in [0.3, 0.4) is 0 Å². The second-order valence-electron chi connectivity index (χ2n) is 4.33. The number of aromatic amines is 1. The van der Waals surface area contributed by atoms with Crippen molar-refractivity contribution in [2.24, 2.45) is 0 Å². The molecule has 2 heterocycles. The molecule has 1 amide bonds. The van der Waals surface area contributed by atoms with Gasteiger partial charge in [0.1, 0.15) is 0 Å². The molecule has 2 aromatic rings. The van der Waals surface area contributed by atoms with Crippen LogP contribution in [0.25, 0.3) is 11.0 Å². The molecule has 2 N–H and O–H groups in total. The lowest BCUT2D eigenvalue weighted by atomic mass is 10.2. The number of hydrogen-bond donors (Lipinski definition) is 2. The monoisotopic (exact) mass is 231 g/mol. The highest BCUT2D eigenvalue weighted by Crippen LogP contribution is 2.16. The Kier molecular flexibility index (Phi) is 2.33. The second-order valence-corrected chi connectivity index (χ2v) is 4.33. The van der Waals surface area contributed by atoms with Gasteiger partial charge in [0.05, 0.1) is 23.5 Å². The van der Waals surface area contributed by atoms with Crippen molar-refractivity contribution in [3.8, 4) is 0 Å². The number of carbonyl (C=O) groups is 1. The molecule has 17 heavy (non-hydrogen) atoms. The summed E-state index contributed by atoms with van der Waals surface area (Å²) >= 11 is 0. The highest BCUT2D eigenvalue weighted by molar-refractivity contribution is 5.97. The van der Waals surface area contributed by atoms with E-state index in [1.807, 2.05) is 6.07 Å². The van der Waals surface area contributed by atoms with Crippen molar-refractivity contribution >= 4 is 16.9 Å². The van der Waals surface area contributed by atoms with Crippen molar-refractivity contribution in [3.05, 3.63) is 30.1 Å². The van der Waals surface area contributed by atoms with Crippen LogP contribution in [-0.2, 0) is 0 Å². The highest BCUT2D eigenvalue weighted by Gasteiger charge is 2.25. The van der Waals surface area contributed by atoms with Crippen molar-refractivity contribution in [1.82, 2.24) is 14.9 Å². The number of likely N-dealkylation sites (tertiary alicyclic amines) is 1. The predicted molar refractivity (Wildman–Crippen MR) is 62.6 cm³/mol. The van der Waals surface area contributed by atoms with Gasteiger partial charge in [-0.15, -0.1) is 0 Å². The summed E-state index contributed by atoms with van der Waals surface area (Å²) in [6, 6.07) is 5.40. The first-order valence-electron chi connectivity index (χ1n) is 5.64. The van der Waals surface area contributed by atoms with Gasteiger partial charge in [-0.25, -0.2) is 4.98 Å². The van der Waals surface area contributed by atoms with Gasteiger partial charge in [-0.1, -0.05) is 0 Å². The minimum Gasteiger partial charge on any atom is -0.391 e. The number of H-pyrrole nitrogens is 1. The molecule has 0 spiro atoms. The van der Waals surface area contributed by atoms with Crippen molar-refractivity contribution in [2.45, 2.75) is 12.5 Å². The first-order valence-corrected chi connectivity index (χ1v) is 5.64. The highest BCUT2D eigenvalue weighted by atomic mass is 16.3. The summed E-state index contributed by atoms with van der Waals surface area (Å²) in [5, 5.41) is 9.42. The summed E-state index contributed by atoms with van der Waals surface area (Å²) in [5.74, 6) is -0.0296. The average molecular weight is 231 g/mol. The minimum atomic E-state index is -0.380. The molecule has 0 saturated carbocycles. The van der Waals surface area contributed by atoms with E-state index in [0.717, 1.165) is 11.0 Å². The Bertz CT molecular complexity index is 564. The van der Waals surface area contributed by atoms with Crippen LogP contribution in [0, 0.1) is 0 Å². The number of aliphatic hydroxyl groups is 1. The van der Waals surface area contributed by atoms with E-state index in [-0.39, 0.29) is 12.0 Å². The Morgan fingerprint density at radius 1 is 1.53 bits per heavy atom. The fourth-order valence-electron chi connectivity index (χ4n) is 2.18. The Morgan fingerprint density at radius 2 is 2.41 bits per heavy atom. The lowest BCUT2D eigenvalue weighted by Gasteiger charge is -2.15. The van der Waals surface area contributed by atoms with Crippen LogP contribution >= 0.6 is 0 Å². The molecule has 5 heteroatoms. The molecule has 88 valence electrons. The quantitative estimate of drug-likeness (QED) is 0.761. The third-order valence-electron chi connectivity index (χ3n) is 3.12. The summed E-state index contributed by atoms with van der Waals surface area (Å²) in [6.07, 6.45) is 1.89. The number of amides is 1. The van der Waals surface area contributed by atoms with Crippen molar-refractivity contribution in [2.75, 3.05) is 13.1 Å². The van der Waals surface area contributed by atoms with E-state index in [1.54, 1.807) is 23.4 Å². The molecule has 5 nitrogen and oxygen atoms in total. The second kappa shape index (κ2) is 3.85. The van der Waals surface area contributed by atoms with Gasteiger partial charge in [0.2, 0.25) is 0 Å². The Morgan fingerprint density at radius 3 is 3.18 bits per heavy atom. The number of carbonyl (C=O) groups excluding carboxylic acids is 1. The van der Waals surface area contributed by atoms with Crippen molar-refractivity contribution < 1.29 is 9.90 Å². The van der Waals surface area contributed by atoms with Gasteiger partial charge < -0.3 is 15.0 Å². The molecule has 1 aromatic carbocycles. The van der Waals surface area contributed by atoms with Crippen molar-refractivity contribution in [3.63, 3.8) is 0 Å². The molecule has 1 aliphatic rings. The topological polar surface area (TPSA) is 69.2 Å². The smallest absolute Gasteiger partial charge is 0.254 e. The van der Waals surface area contributed by atoms with E-state index in [4.69, 9.17) is 0 Å². The number of nitrogens with one attached hydrogen (secondary N) is 1. The van der Waals surface area contributed by atoms with Crippen LogP contribution in [0.15, 0.2) is 24.5 Å². The van der Waals surface area contributed by atoms with Crippen LogP contribution in [0.5, 0.6) is 0 Å². The SMILES string of the molecule is O=C(c1ccc2nc[nH]c2c1)N1CCC(O)C1. The minimum absolute atomic E-state index is 0.0296. The van der Waals surface area contributed by atoms with Crippen LogP contribution in [0.4, 0.5) is 0 Å². The van der Waals surface area contributed by atoms with Crippen molar-refractivity contribution in [1.29, 1.82) is 0 Å². The van der Waals surface area contributed by atoms with Gasteiger partial charge in [-0.2, -0.15) is 0 Å². The first-order chi connectivity index (χ1) is 8.24. The molecule has 1 fully saturated rings. The fraction of sp³-hybridized carbons (Fsp3) is 0.333.